The SMILES string of the molecule is BrCCCSc1ncccn1. The summed E-state index contributed by atoms with van der Waals surface area (Å²) in [4.78, 5) is 8.17. The monoisotopic (exact) mass is 232 g/mol. The first-order valence-electron chi connectivity index (χ1n) is 3.39. The second-order valence-electron chi connectivity index (χ2n) is 1.92. The van der Waals surface area contributed by atoms with Crippen LogP contribution in [-0.2, 0) is 0 Å². The van der Waals surface area contributed by atoms with Crippen LogP contribution in [0.4, 0.5) is 0 Å². The van der Waals surface area contributed by atoms with E-state index in [2.05, 4.69) is 25.9 Å². The van der Waals surface area contributed by atoms with Crippen molar-refractivity contribution >= 4 is 27.7 Å². The molecule has 0 aliphatic carbocycles. The molecule has 0 saturated carbocycles. The van der Waals surface area contributed by atoms with Crippen LogP contribution in [0.5, 0.6) is 0 Å². The van der Waals surface area contributed by atoms with Crippen molar-refractivity contribution in [3.8, 4) is 0 Å². The third-order valence-electron chi connectivity index (χ3n) is 1.05. The summed E-state index contributed by atoms with van der Waals surface area (Å²) in [6.45, 7) is 0. The van der Waals surface area contributed by atoms with Gasteiger partial charge in [-0.05, 0) is 12.5 Å². The van der Waals surface area contributed by atoms with Crippen LogP contribution in [0.15, 0.2) is 23.6 Å². The van der Waals surface area contributed by atoms with Crippen LogP contribution in [0.1, 0.15) is 6.42 Å². The largest absolute Gasteiger partial charge is 0.231 e. The number of nitrogens with zero attached hydrogens (tertiary/aromatic N) is 2. The van der Waals surface area contributed by atoms with Gasteiger partial charge in [0.05, 0.1) is 0 Å². The molecule has 0 aliphatic heterocycles. The van der Waals surface area contributed by atoms with E-state index in [9.17, 15) is 0 Å². The molecule has 0 aliphatic rings. The maximum atomic E-state index is 4.09. The second kappa shape index (κ2) is 5.55. The van der Waals surface area contributed by atoms with Gasteiger partial charge in [-0.1, -0.05) is 27.7 Å². The van der Waals surface area contributed by atoms with Gasteiger partial charge in [-0.25, -0.2) is 9.97 Å². The fourth-order valence-corrected chi connectivity index (χ4v) is 1.97. The normalized spacial score (nSPS) is 9.91. The zero-order valence-corrected chi connectivity index (χ0v) is 8.44. The van der Waals surface area contributed by atoms with Gasteiger partial charge in [-0.3, -0.25) is 0 Å². The number of hydrogen-bond donors (Lipinski definition) is 0. The highest BCUT2D eigenvalue weighted by molar-refractivity contribution is 9.09. The van der Waals surface area contributed by atoms with Crippen LogP contribution >= 0.6 is 27.7 Å². The summed E-state index contributed by atoms with van der Waals surface area (Å²) in [5.74, 6) is 1.08. The van der Waals surface area contributed by atoms with Crippen molar-refractivity contribution in [2.75, 3.05) is 11.1 Å². The Morgan fingerprint density at radius 1 is 1.36 bits per heavy atom. The number of alkyl halides is 1. The van der Waals surface area contributed by atoms with E-state index in [1.54, 1.807) is 24.2 Å². The lowest BCUT2D eigenvalue weighted by Gasteiger charge is -1.95. The summed E-state index contributed by atoms with van der Waals surface area (Å²) < 4.78 is 0. The first kappa shape index (κ1) is 9.00. The van der Waals surface area contributed by atoms with Gasteiger partial charge in [-0.15, -0.1) is 0 Å². The van der Waals surface area contributed by atoms with Crippen LogP contribution in [0.3, 0.4) is 0 Å². The molecule has 0 unspecified atom stereocenters. The predicted octanol–water partition coefficient (Wildman–Crippen LogP) is 2.35. The molecule has 0 N–H and O–H groups in total. The molecule has 0 amide bonds. The smallest absolute Gasteiger partial charge is 0.187 e. The Bertz CT molecular complexity index is 193. The van der Waals surface area contributed by atoms with E-state index in [0.717, 1.165) is 22.7 Å². The third-order valence-corrected chi connectivity index (χ3v) is 2.57. The van der Waals surface area contributed by atoms with E-state index < -0.39 is 0 Å². The zero-order valence-electron chi connectivity index (χ0n) is 6.03. The van der Waals surface area contributed by atoms with E-state index in [1.165, 1.54) is 0 Å². The zero-order chi connectivity index (χ0) is 7.94. The Labute approximate surface area is 79.0 Å². The average Bonchev–Trinajstić information content (AvgIpc) is 2.07. The molecule has 0 atom stereocenters. The van der Waals surface area contributed by atoms with Crippen molar-refractivity contribution in [2.24, 2.45) is 0 Å². The van der Waals surface area contributed by atoms with Gasteiger partial charge in [-0.2, -0.15) is 0 Å². The molecule has 0 saturated heterocycles. The minimum absolute atomic E-state index is 0.869. The van der Waals surface area contributed by atoms with Crippen LogP contribution in [0.2, 0.25) is 0 Å². The number of halogens is 1. The minimum Gasteiger partial charge on any atom is -0.231 e. The third kappa shape index (κ3) is 3.72. The predicted molar refractivity (Wildman–Crippen MR) is 51.2 cm³/mol. The van der Waals surface area contributed by atoms with Crippen LogP contribution in [0, 0.1) is 0 Å². The van der Waals surface area contributed by atoms with E-state index in [1.807, 2.05) is 6.07 Å². The Hall–Kier alpha value is -0.0900. The molecule has 0 radical (unpaired) electrons. The lowest BCUT2D eigenvalue weighted by atomic mass is 10.6. The van der Waals surface area contributed by atoms with E-state index in [0.29, 0.717) is 0 Å². The molecule has 1 rings (SSSR count). The molecule has 2 nitrogen and oxygen atoms in total. The molecule has 1 aromatic heterocycles. The molecule has 0 bridgehead atoms. The number of aromatic nitrogens is 2. The van der Waals surface area contributed by atoms with Gasteiger partial charge < -0.3 is 0 Å². The molecule has 1 aromatic rings. The minimum atomic E-state index is 0.869. The molecule has 0 spiro atoms. The lowest BCUT2D eigenvalue weighted by molar-refractivity contribution is 0.962. The Kier molecular flexibility index (Phi) is 4.54. The fourth-order valence-electron chi connectivity index (χ4n) is 0.578. The second-order valence-corrected chi connectivity index (χ2v) is 3.78. The first-order chi connectivity index (χ1) is 5.43. The van der Waals surface area contributed by atoms with E-state index >= 15 is 0 Å². The molecule has 0 fully saturated rings. The average molecular weight is 233 g/mol. The molecule has 1 heterocycles. The Balaban J connectivity index is 2.28. The van der Waals surface area contributed by atoms with Crippen LogP contribution in [-0.4, -0.2) is 21.1 Å². The van der Waals surface area contributed by atoms with Gasteiger partial charge in [0.1, 0.15) is 0 Å². The lowest BCUT2D eigenvalue weighted by Crippen LogP contribution is -1.86. The molecule has 4 heteroatoms. The summed E-state index contributed by atoms with van der Waals surface area (Å²) >= 11 is 5.06. The highest BCUT2D eigenvalue weighted by Crippen LogP contribution is 2.12. The maximum Gasteiger partial charge on any atom is 0.187 e. The molecule has 0 aromatic carbocycles. The number of thioether (sulfide) groups is 1. The fraction of sp³-hybridized carbons (Fsp3) is 0.429. The number of hydrogen-bond acceptors (Lipinski definition) is 3. The summed E-state index contributed by atoms with van der Waals surface area (Å²) in [6.07, 6.45) is 4.69. The van der Waals surface area contributed by atoms with Gasteiger partial charge in [0.2, 0.25) is 0 Å². The molecule has 11 heavy (non-hydrogen) atoms. The van der Waals surface area contributed by atoms with Crippen molar-refractivity contribution in [1.82, 2.24) is 9.97 Å². The Morgan fingerprint density at radius 2 is 2.09 bits per heavy atom. The van der Waals surface area contributed by atoms with Crippen molar-refractivity contribution in [3.63, 3.8) is 0 Å². The van der Waals surface area contributed by atoms with E-state index in [-0.39, 0.29) is 0 Å². The summed E-state index contributed by atoms with van der Waals surface area (Å²) in [5.41, 5.74) is 0. The summed E-state index contributed by atoms with van der Waals surface area (Å²) in [6, 6.07) is 1.83. The van der Waals surface area contributed by atoms with Crippen molar-refractivity contribution < 1.29 is 0 Å². The van der Waals surface area contributed by atoms with Gasteiger partial charge in [0.15, 0.2) is 5.16 Å². The molecule has 60 valence electrons. The quantitative estimate of drug-likeness (QED) is 0.345. The molecular weight excluding hydrogens is 224 g/mol. The topological polar surface area (TPSA) is 25.8 Å². The highest BCUT2D eigenvalue weighted by Gasteiger charge is 1.93. The summed E-state index contributed by atoms with van der Waals surface area (Å²) in [5, 5.41) is 1.92. The highest BCUT2D eigenvalue weighted by atomic mass is 79.9. The number of rotatable bonds is 4. The van der Waals surface area contributed by atoms with Crippen molar-refractivity contribution in [3.05, 3.63) is 18.5 Å². The molecular formula is C7H9BrN2S. The Morgan fingerprint density at radius 3 is 2.73 bits per heavy atom. The van der Waals surface area contributed by atoms with Gasteiger partial charge in [0, 0.05) is 23.5 Å². The van der Waals surface area contributed by atoms with Crippen LogP contribution < -0.4 is 0 Å². The van der Waals surface area contributed by atoms with Gasteiger partial charge in [0.25, 0.3) is 0 Å². The van der Waals surface area contributed by atoms with E-state index in [4.69, 9.17) is 0 Å². The standard InChI is InChI=1S/C7H9BrN2S/c8-3-1-6-11-7-9-4-2-5-10-7/h2,4-5H,1,3,6H2. The van der Waals surface area contributed by atoms with Gasteiger partial charge >= 0.3 is 0 Å². The first-order valence-corrected chi connectivity index (χ1v) is 5.50. The van der Waals surface area contributed by atoms with Crippen molar-refractivity contribution in [1.29, 1.82) is 0 Å². The maximum absolute atomic E-state index is 4.09. The summed E-state index contributed by atoms with van der Waals surface area (Å²) in [7, 11) is 0. The van der Waals surface area contributed by atoms with Crippen molar-refractivity contribution in [2.45, 2.75) is 11.6 Å². The van der Waals surface area contributed by atoms with Crippen LogP contribution in [0.25, 0.3) is 0 Å².